The molecule has 0 aliphatic carbocycles. The normalized spacial score (nSPS) is 10.4. The number of para-hydroxylation sites is 1. The minimum Gasteiger partial charge on any atom is -0.490 e. The van der Waals surface area contributed by atoms with Crippen LogP contribution in [0, 0.1) is 5.82 Å². The van der Waals surface area contributed by atoms with Crippen LogP contribution >= 0.6 is 24.0 Å². The van der Waals surface area contributed by atoms with Gasteiger partial charge in [0.2, 0.25) is 0 Å². The number of rotatable bonds is 10. The lowest BCUT2D eigenvalue weighted by Crippen LogP contribution is -2.18. The van der Waals surface area contributed by atoms with Crippen molar-refractivity contribution in [3.8, 4) is 11.5 Å². The van der Waals surface area contributed by atoms with Crippen molar-refractivity contribution in [2.45, 2.75) is 26.5 Å². The van der Waals surface area contributed by atoms with Crippen LogP contribution in [0.5, 0.6) is 11.5 Å². The van der Waals surface area contributed by atoms with Crippen LogP contribution in [-0.2, 0) is 19.6 Å². The smallest absolute Gasteiger partial charge is 0.166 e. The van der Waals surface area contributed by atoms with E-state index in [0.29, 0.717) is 43.3 Å². The average molecular weight is 450 g/mol. The van der Waals surface area contributed by atoms with Gasteiger partial charge in [-0.1, -0.05) is 54.1 Å². The predicted octanol–water partition coefficient (Wildman–Crippen LogP) is 6.21. The van der Waals surface area contributed by atoms with Crippen LogP contribution in [0.2, 0.25) is 5.02 Å². The Kier molecular flexibility index (Phi) is 9.95. The van der Waals surface area contributed by atoms with E-state index in [9.17, 15) is 4.39 Å². The van der Waals surface area contributed by atoms with Gasteiger partial charge < -0.3 is 14.8 Å². The van der Waals surface area contributed by atoms with Gasteiger partial charge in [0, 0.05) is 17.1 Å². The Morgan fingerprint density at radius 1 is 0.900 bits per heavy atom. The third kappa shape index (κ3) is 6.91. The Hall–Kier alpha value is -2.27. The lowest BCUT2D eigenvalue weighted by Gasteiger charge is -2.16. The Morgan fingerprint density at radius 2 is 1.63 bits per heavy atom. The summed E-state index contributed by atoms with van der Waals surface area (Å²) in [6.45, 7) is 4.19. The van der Waals surface area contributed by atoms with E-state index < -0.39 is 0 Å². The lowest BCUT2D eigenvalue weighted by atomic mass is 10.1. The zero-order valence-corrected chi connectivity index (χ0v) is 18.4. The van der Waals surface area contributed by atoms with Gasteiger partial charge in [-0.3, -0.25) is 0 Å². The van der Waals surface area contributed by atoms with Crippen LogP contribution < -0.4 is 14.8 Å². The molecule has 1 N–H and O–H groups in total. The highest BCUT2D eigenvalue weighted by Gasteiger charge is 2.11. The molecule has 0 aliphatic rings. The van der Waals surface area contributed by atoms with E-state index >= 15 is 0 Å². The molecule has 0 aliphatic heterocycles. The molecular weight excluding hydrogens is 424 g/mol. The molecule has 0 heterocycles. The molecule has 0 radical (unpaired) electrons. The molecule has 160 valence electrons. The molecule has 6 heteroatoms. The van der Waals surface area contributed by atoms with Gasteiger partial charge in [-0.2, -0.15) is 0 Å². The van der Waals surface area contributed by atoms with Gasteiger partial charge in [0.1, 0.15) is 12.4 Å². The van der Waals surface area contributed by atoms with Crippen molar-refractivity contribution in [1.29, 1.82) is 0 Å². The highest BCUT2D eigenvalue weighted by atomic mass is 35.5. The van der Waals surface area contributed by atoms with E-state index in [1.807, 2.05) is 61.5 Å². The van der Waals surface area contributed by atoms with E-state index in [1.54, 1.807) is 6.07 Å². The first-order valence-corrected chi connectivity index (χ1v) is 10.1. The molecule has 0 saturated heterocycles. The monoisotopic (exact) mass is 449 g/mol. The van der Waals surface area contributed by atoms with E-state index in [1.165, 1.54) is 6.07 Å². The highest BCUT2D eigenvalue weighted by molar-refractivity contribution is 6.30. The van der Waals surface area contributed by atoms with Crippen molar-refractivity contribution in [2.75, 3.05) is 13.2 Å². The Labute approximate surface area is 188 Å². The maximum absolute atomic E-state index is 13.8. The van der Waals surface area contributed by atoms with Gasteiger partial charge in [-0.15, -0.1) is 12.4 Å². The fourth-order valence-corrected chi connectivity index (χ4v) is 3.14. The first-order chi connectivity index (χ1) is 14.2. The van der Waals surface area contributed by atoms with Gasteiger partial charge in [0.05, 0.1) is 6.61 Å². The standard InChI is InChI=1S/C24H25ClFNO2.ClH/c1-2-28-23-9-5-7-20(16-27-15-14-19-6-3-4-8-22(19)26)24(23)29-17-18-10-12-21(25)13-11-18;/h3-13,27H,2,14-17H2,1H3;1H. The van der Waals surface area contributed by atoms with Crippen LogP contribution in [-0.4, -0.2) is 13.2 Å². The zero-order chi connectivity index (χ0) is 20.5. The van der Waals surface area contributed by atoms with Crippen LogP contribution in [0.4, 0.5) is 4.39 Å². The molecule has 3 nitrogen and oxygen atoms in total. The number of hydrogen-bond acceptors (Lipinski definition) is 3. The molecule has 0 spiro atoms. The molecule has 3 rings (SSSR count). The topological polar surface area (TPSA) is 30.5 Å². The van der Waals surface area contributed by atoms with Gasteiger partial charge in [0.15, 0.2) is 11.5 Å². The van der Waals surface area contributed by atoms with Gasteiger partial charge >= 0.3 is 0 Å². The summed E-state index contributed by atoms with van der Waals surface area (Å²) in [4.78, 5) is 0. The zero-order valence-electron chi connectivity index (χ0n) is 16.9. The fourth-order valence-electron chi connectivity index (χ4n) is 3.02. The summed E-state index contributed by atoms with van der Waals surface area (Å²) in [5.41, 5.74) is 2.74. The number of nitrogens with one attached hydrogen (secondary N) is 1. The molecule has 0 fully saturated rings. The second-order valence-corrected chi connectivity index (χ2v) is 7.05. The Morgan fingerprint density at radius 3 is 2.37 bits per heavy atom. The van der Waals surface area contributed by atoms with Crippen LogP contribution in [0.1, 0.15) is 23.6 Å². The molecule has 0 aromatic heterocycles. The number of hydrogen-bond donors (Lipinski definition) is 1. The molecule has 3 aromatic carbocycles. The molecule has 0 atom stereocenters. The van der Waals surface area contributed by atoms with Crippen molar-refractivity contribution >= 4 is 24.0 Å². The van der Waals surface area contributed by atoms with Crippen LogP contribution in [0.3, 0.4) is 0 Å². The maximum atomic E-state index is 13.8. The highest BCUT2D eigenvalue weighted by Crippen LogP contribution is 2.32. The Bertz CT molecular complexity index is 919. The summed E-state index contributed by atoms with van der Waals surface area (Å²) in [7, 11) is 0. The SMILES string of the molecule is CCOc1cccc(CNCCc2ccccc2F)c1OCc1ccc(Cl)cc1.Cl. The summed E-state index contributed by atoms with van der Waals surface area (Å²) >= 11 is 5.95. The first-order valence-electron chi connectivity index (χ1n) is 9.73. The van der Waals surface area contributed by atoms with Crippen molar-refractivity contribution < 1.29 is 13.9 Å². The van der Waals surface area contributed by atoms with Crippen molar-refractivity contribution in [3.05, 3.63) is 94.3 Å². The summed E-state index contributed by atoms with van der Waals surface area (Å²) in [6.07, 6.45) is 0.624. The van der Waals surface area contributed by atoms with Crippen molar-refractivity contribution in [3.63, 3.8) is 0 Å². The predicted molar refractivity (Wildman–Crippen MR) is 122 cm³/mol. The summed E-state index contributed by atoms with van der Waals surface area (Å²) < 4.78 is 25.6. The quantitative estimate of drug-likeness (QED) is 0.373. The Balaban J connectivity index is 0.00000320. The number of benzene rings is 3. The molecule has 0 amide bonds. The van der Waals surface area contributed by atoms with Crippen LogP contribution in [0.25, 0.3) is 0 Å². The van der Waals surface area contributed by atoms with E-state index in [0.717, 1.165) is 22.6 Å². The van der Waals surface area contributed by atoms with E-state index in [4.69, 9.17) is 21.1 Å². The maximum Gasteiger partial charge on any atom is 0.166 e. The van der Waals surface area contributed by atoms with Crippen molar-refractivity contribution in [2.24, 2.45) is 0 Å². The summed E-state index contributed by atoms with van der Waals surface area (Å²) in [5, 5.41) is 4.07. The first kappa shape index (κ1) is 24.0. The van der Waals surface area contributed by atoms with Gasteiger partial charge in [0.25, 0.3) is 0 Å². The summed E-state index contributed by atoms with van der Waals surface area (Å²) in [6, 6.07) is 20.3. The van der Waals surface area contributed by atoms with E-state index in [2.05, 4.69) is 5.32 Å². The van der Waals surface area contributed by atoms with Crippen molar-refractivity contribution in [1.82, 2.24) is 5.32 Å². The molecule has 0 saturated carbocycles. The van der Waals surface area contributed by atoms with Gasteiger partial charge in [-0.05, 0) is 55.3 Å². The molecule has 0 unspecified atom stereocenters. The molecule has 3 aromatic rings. The number of halogens is 3. The largest absolute Gasteiger partial charge is 0.490 e. The lowest BCUT2D eigenvalue weighted by molar-refractivity contribution is 0.266. The number of ether oxygens (including phenoxy) is 2. The fraction of sp³-hybridized carbons (Fsp3) is 0.250. The minimum atomic E-state index is -0.167. The molecule has 0 bridgehead atoms. The molecule has 30 heavy (non-hydrogen) atoms. The minimum absolute atomic E-state index is 0. The average Bonchev–Trinajstić information content (AvgIpc) is 2.73. The van der Waals surface area contributed by atoms with Crippen LogP contribution in [0.15, 0.2) is 66.7 Å². The van der Waals surface area contributed by atoms with E-state index in [-0.39, 0.29) is 18.2 Å². The third-order valence-electron chi connectivity index (χ3n) is 4.50. The second-order valence-electron chi connectivity index (χ2n) is 6.61. The molecular formula is C24H26Cl2FNO2. The summed E-state index contributed by atoms with van der Waals surface area (Å²) in [5.74, 6) is 1.28. The van der Waals surface area contributed by atoms with Gasteiger partial charge in [-0.25, -0.2) is 4.39 Å². The second kappa shape index (κ2) is 12.4. The third-order valence-corrected chi connectivity index (χ3v) is 4.75.